The lowest BCUT2D eigenvalue weighted by Gasteiger charge is -2.28. The maximum absolute atomic E-state index is 13.1. The lowest BCUT2D eigenvalue weighted by atomic mass is 10.0. The van der Waals surface area contributed by atoms with Crippen molar-refractivity contribution in [1.29, 1.82) is 0 Å². The van der Waals surface area contributed by atoms with E-state index in [-0.39, 0.29) is 35.4 Å². The van der Waals surface area contributed by atoms with E-state index in [1.807, 2.05) is 255 Å². The molecule has 0 atom stereocenters. The van der Waals surface area contributed by atoms with Crippen LogP contribution in [0, 0.1) is 27.7 Å². The fourth-order valence-corrected chi connectivity index (χ4v) is 16.7. The van der Waals surface area contributed by atoms with Crippen molar-refractivity contribution in [1.82, 2.24) is 90.5 Å². The number of carbonyl (C=O) groups excluding carboxylic acids is 5. The van der Waals surface area contributed by atoms with E-state index < -0.39 is 0 Å². The number of piperidine rings is 1. The number of hydrogen-bond acceptors (Lipinski definition) is 25. The number of benzene rings is 8. The Labute approximate surface area is 862 Å². The zero-order valence-corrected chi connectivity index (χ0v) is 83.3. The largest absolute Gasteiger partial charge is 0.439 e. The summed E-state index contributed by atoms with van der Waals surface area (Å²) in [5.74, 6) is 3.17. The van der Waals surface area contributed by atoms with Crippen LogP contribution >= 0.6 is 0 Å². The van der Waals surface area contributed by atoms with Crippen molar-refractivity contribution in [3.63, 3.8) is 0 Å². The number of urea groups is 1. The first-order chi connectivity index (χ1) is 73.0. The molecule has 9 N–H and O–H groups in total. The Morgan fingerprint density at radius 2 is 0.613 bits per heavy atom. The lowest BCUT2D eigenvalue weighted by Crippen LogP contribution is -2.36. The molecule has 0 bridgehead atoms. The van der Waals surface area contributed by atoms with Gasteiger partial charge >= 0.3 is 6.03 Å². The molecule has 35 heteroatoms. The van der Waals surface area contributed by atoms with Crippen LogP contribution in [-0.2, 0) is 11.3 Å². The number of ether oxygens (including phenoxy) is 5. The minimum absolute atomic E-state index is 0.242. The van der Waals surface area contributed by atoms with Gasteiger partial charge in [0.2, 0.25) is 23.5 Å². The molecule has 0 radical (unpaired) electrons. The Morgan fingerprint density at radius 1 is 0.307 bits per heavy atom. The predicted molar refractivity (Wildman–Crippen MR) is 580 cm³/mol. The summed E-state index contributed by atoms with van der Waals surface area (Å²) in [6, 6.07) is 75.9. The molecule has 2 aliphatic heterocycles. The Bertz CT molecular complexity index is 7940. The van der Waals surface area contributed by atoms with Crippen LogP contribution in [0.25, 0.3) is 88.1 Å². The molecule has 150 heavy (non-hydrogen) atoms. The number of fused-ring (bicyclic) bond motifs is 4. The van der Waals surface area contributed by atoms with Crippen LogP contribution in [0.5, 0.6) is 46.5 Å². The van der Waals surface area contributed by atoms with Gasteiger partial charge in [0.1, 0.15) is 23.0 Å². The zero-order valence-electron chi connectivity index (χ0n) is 83.3. The van der Waals surface area contributed by atoms with E-state index in [4.69, 9.17) is 23.7 Å². The lowest BCUT2D eigenvalue weighted by molar-refractivity contribution is 0.101. The Hall–Kier alpha value is -19.3. The van der Waals surface area contributed by atoms with Gasteiger partial charge in [0, 0.05) is 146 Å². The third-order valence-electron chi connectivity index (χ3n) is 24.6. The third-order valence-corrected chi connectivity index (χ3v) is 24.6. The van der Waals surface area contributed by atoms with Crippen LogP contribution in [0.2, 0.25) is 0 Å². The molecule has 0 saturated carbocycles. The number of morpholine rings is 1. The molecule has 14 heterocycles. The molecule has 35 nitrogen and oxygen atoms in total. The molecular weight excluding hydrogens is 1890 g/mol. The van der Waals surface area contributed by atoms with Crippen LogP contribution in [0.4, 0.5) is 44.6 Å². The fraction of sp³-hybridized carbons (Fsp3) is 0.157. The normalized spacial score (nSPS) is 12.2. The maximum Gasteiger partial charge on any atom is 0.321 e. The van der Waals surface area contributed by atoms with Gasteiger partial charge in [-0.05, 0) is 234 Å². The summed E-state index contributed by atoms with van der Waals surface area (Å²) in [6.07, 6.45) is 24.4. The van der Waals surface area contributed by atoms with E-state index in [2.05, 4.69) is 140 Å². The van der Waals surface area contributed by atoms with E-state index in [1.54, 1.807) is 93.6 Å². The molecule has 8 aromatic carbocycles. The van der Waals surface area contributed by atoms with Crippen LogP contribution in [0.3, 0.4) is 0 Å². The van der Waals surface area contributed by atoms with Gasteiger partial charge in [-0.15, -0.1) is 0 Å². The molecule has 2 aliphatic rings. The minimum atomic E-state index is -0.382. The number of amides is 6. The summed E-state index contributed by atoms with van der Waals surface area (Å²) in [7, 11) is 7.37. The summed E-state index contributed by atoms with van der Waals surface area (Å²) in [6.45, 7) is 14.1. The highest BCUT2D eigenvalue weighted by Crippen LogP contribution is 2.37. The van der Waals surface area contributed by atoms with Crippen molar-refractivity contribution in [2.24, 2.45) is 0 Å². The fourth-order valence-electron chi connectivity index (χ4n) is 16.7. The highest BCUT2D eigenvalue weighted by molar-refractivity contribution is 6.15. The number of aromatic amines is 4. The molecule has 0 aliphatic carbocycles. The molecule has 20 aromatic rings. The number of aryl methyl sites for hydroxylation is 4. The van der Waals surface area contributed by atoms with Crippen molar-refractivity contribution < 1.29 is 47.7 Å². The van der Waals surface area contributed by atoms with E-state index in [0.29, 0.717) is 116 Å². The number of H-pyrrole nitrogens is 4. The molecule has 0 unspecified atom stereocenters. The van der Waals surface area contributed by atoms with Crippen LogP contribution in [-0.4, -0.2) is 188 Å². The van der Waals surface area contributed by atoms with Gasteiger partial charge in [0.05, 0.1) is 118 Å². The topological polar surface area (TPSA) is 422 Å². The summed E-state index contributed by atoms with van der Waals surface area (Å²) in [5.41, 5.74) is 22.3. The summed E-state index contributed by atoms with van der Waals surface area (Å²) < 4.78 is 28.5. The second kappa shape index (κ2) is 46.2. The van der Waals surface area contributed by atoms with Gasteiger partial charge in [-0.25, -0.2) is 24.7 Å². The van der Waals surface area contributed by atoms with Crippen molar-refractivity contribution in [3.05, 3.63) is 368 Å². The number of nitrogens with one attached hydrogen (secondary N) is 9. The number of aromatic nitrogens is 16. The zero-order chi connectivity index (χ0) is 104. The molecule has 22 rings (SSSR count). The number of hydrogen-bond donors (Lipinski definition) is 9. The Morgan fingerprint density at radius 3 is 0.927 bits per heavy atom. The van der Waals surface area contributed by atoms with E-state index >= 15 is 0 Å². The van der Waals surface area contributed by atoms with Gasteiger partial charge in [-0.3, -0.25) is 59.5 Å². The maximum atomic E-state index is 13.1. The first-order valence-electron chi connectivity index (χ1n) is 48.6. The molecule has 750 valence electrons. The number of carbonyl (C=O) groups is 5. The molecule has 12 aromatic heterocycles. The molecule has 6 amide bonds. The predicted octanol–water partition coefficient (Wildman–Crippen LogP) is 22.5. The van der Waals surface area contributed by atoms with Crippen molar-refractivity contribution in [2.45, 2.75) is 53.5 Å². The first kappa shape index (κ1) is 99.4. The number of pyridine rings is 8. The summed E-state index contributed by atoms with van der Waals surface area (Å²) in [5, 5.41) is 45.9. The van der Waals surface area contributed by atoms with E-state index in [9.17, 15) is 24.0 Å². The first-order valence-corrected chi connectivity index (χ1v) is 48.6. The van der Waals surface area contributed by atoms with Crippen molar-refractivity contribution >= 4 is 113 Å². The molecule has 2 saturated heterocycles. The molecule has 2 fully saturated rings. The average molecular weight is 2000 g/mol. The van der Waals surface area contributed by atoms with Gasteiger partial charge in [0.25, 0.3) is 23.6 Å². The highest BCUT2D eigenvalue weighted by Gasteiger charge is 2.25. The second-order valence-electron chi connectivity index (χ2n) is 36.5. The third kappa shape index (κ3) is 25.2. The van der Waals surface area contributed by atoms with E-state index in [1.165, 1.54) is 30.4 Å². The monoisotopic (exact) mass is 2000 g/mol. The number of anilines is 7. The molecular formula is C115H105N25O10. The van der Waals surface area contributed by atoms with Crippen LogP contribution in [0.1, 0.15) is 89.0 Å². The Balaban J connectivity index is 0.000000125. The van der Waals surface area contributed by atoms with Crippen molar-refractivity contribution in [3.8, 4) is 91.0 Å². The van der Waals surface area contributed by atoms with Crippen LogP contribution in [0.15, 0.2) is 317 Å². The standard InChI is InChI=1S/C30H28N6O2.C29H26N6O3.C28H25N7O3.C28H26N6O2/c1-20-5-9-25(10-6-20)38-28-12-8-23(18-32-28)33-30(37)29-26-16-21(7-11-27(26)34-35-29)22-15-24(19-31-17-22)36-13-3-2-4-14-36;1-19-2-6-24(7-3-19)38-27-9-5-22(17-31-27)32-29(36)28-25-15-20(4-8-26(25)33-34-28)21-14-23(18-30-16-21)35-10-12-37-13-11-35;1-17-4-8-22(9-5-17)38-25-11-7-20(16-30-25)31-27(36)26-23-13-18(6-10-24(23)33-34-26)19-12-21(15-29-14-19)32-28(37)35(2)3;1-18-4-8-23(9-5-18)36-26-11-7-22(16-30-26)31-28(35)27-24-13-20(6-10-25(24)32-33-27)21-12-19(14-29-15-21)17-34(2)3/h5-12,15-19H,2-4,13-14H2,1H3,(H,33,37)(H,34,35);2-9,14-18H,10-13H2,1H3,(H,32,36)(H,33,34);4-16H,1-3H3,(H,31,36)(H,32,37)(H,33,34);4-16H,17H2,1-3H3,(H,31,35)(H,32,33). The van der Waals surface area contributed by atoms with Gasteiger partial charge < -0.3 is 69.9 Å². The van der Waals surface area contributed by atoms with Gasteiger partial charge in [-0.2, -0.15) is 20.4 Å². The Kier molecular flexibility index (Phi) is 30.6. The molecule has 0 spiro atoms. The summed E-state index contributed by atoms with van der Waals surface area (Å²) >= 11 is 0. The van der Waals surface area contributed by atoms with Gasteiger partial charge in [0.15, 0.2) is 22.8 Å². The van der Waals surface area contributed by atoms with Crippen LogP contribution < -0.4 is 55.3 Å². The smallest absolute Gasteiger partial charge is 0.321 e. The average Bonchev–Trinajstić information content (AvgIpc) is 1.66. The number of rotatable bonds is 25. The van der Waals surface area contributed by atoms with Crippen molar-refractivity contribution in [2.75, 3.05) is 104 Å². The summed E-state index contributed by atoms with van der Waals surface area (Å²) in [4.78, 5) is 107. The highest BCUT2D eigenvalue weighted by atomic mass is 16.5. The van der Waals surface area contributed by atoms with E-state index in [0.717, 1.165) is 149 Å². The quantitative estimate of drug-likeness (QED) is 0.0257. The number of nitrogens with zero attached hydrogens (tertiary/aromatic N) is 16. The van der Waals surface area contributed by atoms with Gasteiger partial charge in [-0.1, -0.05) is 95.1 Å². The SMILES string of the molecule is Cc1ccc(Oc2ccc(NC(=O)c3n[nH]c4ccc(-c5cncc(CN(C)C)c5)cc34)cn2)cc1.Cc1ccc(Oc2ccc(NC(=O)c3n[nH]c4ccc(-c5cncc(N6CCCCC6)c5)cc34)cn2)cc1.Cc1ccc(Oc2ccc(NC(=O)c3n[nH]c4ccc(-c5cncc(N6CCOCC6)c5)cc34)cn2)cc1.Cc1ccc(Oc2ccc(NC(=O)c3n[nH]c4ccc(-c5cncc(NC(=O)N(C)C)c5)cc34)cn2)cc1. The second-order valence-corrected chi connectivity index (χ2v) is 36.5. The minimum Gasteiger partial charge on any atom is -0.439 e.